The van der Waals surface area contributed by atoms with E-state index in [4.69, 9.17) is 12.2 Å². The number of hydrogen-bond donors (Lipinski definition) is 2. The molecule has 1 aliphatic carbocycles. The van der Waals surface area contributed by atoms with Crippen LogP contribution in [0.1, 0.15) is 32.6 Å². The summed E-state index contributed by atoms with van der Waals surface area (Å²) >= 11 is 5.10. The van der Waals surface area contributed by atoms with E-state index in [1.165, 1.54) is 18.9 Å². The molecule has 1 aromatic rings. The van der Waals surface area contributed by atoms with Crippen LogP contribution >= 0.6 is 12.2 Å². The van der Waals surface area contributed by atoms with Gasteiger partial charge in [0, 0.05) is 5.71 Å². The summed E-state index contributed by atoms with van der Waals surface area (Å²) in [4.78, 5) is 0. The minimum Gasteiger partial charge on any atom is -0.329 e. The Morgan fingerprint density at radius 3 is 2.95 bits per heavy atom. The van der Waals surface area contributed by atoms with Gasteiger partial charge >= 0.3 is 0 Å². The number of rotatable bonds is 2. The highest BCUT2D eigenvalue weighted by molar-refractivity contribution is 7.80. The van der Waals surface area contributed by atoms with Gasteiger partial charge in [-0.1, -0.05) is 19.1 Å². The van der Waals surface area contributed by atoms with Crippen molar-refractivity contribution in [2.45, 2.75) is 32.6 Å². The molecule has 2 N–H and O–H groups in total. The van der Waals surface area contributed by atoms with Crippen LogP contribution in [0.4, 0.5) is 10.1 Å². The van der Waals surface area contributed by atoms with Crippen molar-refractivity contribution in [3.8, 4) is 0 Å². The number of para-hydroxylation sites is 1. The van der Waals surface area contributed by atoms with Crippen molar-refractivity contribution in [1.82, 2.24) is 5.43 Å². The number of nitrogens with one attached hydrogen (secondary N) is 2. The Morgan fingerprint density at radius 2 is 2.21 bits per heavy atom. The van der Waals surface area contributed by atoms with Crippen LogP contribution in [0.2, 0.25) is 0 Å². The van der Waals surface area contributed by atoms with Gasteiger partial charge in [0.1, 0.15) is 5.82 Å². The Balaban J connectivity index is 1.88. The Kier molecular flexibility index (Phi) is 4.85. The maximum Gasteiger partial charge on any atom is 0.191 e. The van der Waals surface area contributed by atoms with Crippen LogP contribution in [0.5, 0.6) is 0 Å². The molecule has 1 fully saturated rings. The number of nitrogens with zero attached hydrogens (tertiary/aromatic N) is 1. The highest BCUT2D eigenvalue weighted by Crippen LogP contribution is 2.21. The molecular weight excluding hydrogens is 261 g/mol. The number of hydrazone groups is 1. The fourth-order valence-electron chi connectivity index (χ4n) is 2.21. The van der Waals surface area contributed by atoms with Gasteiger partial charge in [-0.15, -0.1) is 0 Å². The van der Waals surface area contributed by atoms with E-state index in [9.17, 15) is 4.39 Å². The summed E-state index contributed by atoms with van der Waals surface area (Å²) < 4.78 is 13.4. The Bertz CT molecular complexity index is 487. The number of halogens is 1. The number of thiocarbonyl (C=S) groups is 1. The third kappa shape index (κ3) is 4.28. The number of anilines is 1. The second kappa shape index (κ2) is 6.61. The van der Waals surface area contributed by atoms with E-state index in [-0.39, 0.29) is 5.82 Å². The zero-order valence-electron chi connectivity index (χ0n) is 10.9. The van der Waals surface area contributed by atoms with Gasteiger partial charge in [0.05, 0.1) is 5.69 Å². The van der Waals surface area contributed by atoms with Crippen LogP contribution in [0.15, 0.2) is 29.4 Å². The Morgan fingerprint density at radius 1 is 1.42 bits per heavy atom. The largest absolute Gasteiger partial charge is 0.329 e. The lowest BCUT2D eigenvalue weighted by Crippen LogP contribution is -2.26. The molecule has 0 amide bonds. The average Bonchev–Trinajstić information content (AvgIpc) is 2.39. The fourth-order valence-corrected chi connectivity index (χ4v) is 2.36. The predicted octanol–water partition coefficient (Wildman–Crippen LogP) is 3.68. The van der Waals surface area contributed by atoms with Gasteiger partial charge in [-0.2, -0.15) is 5.10 Å². The van der Waals surface area contributed by atoms with Gasteiger partial charge in [0.2, 0.25) is 0 Å². The molecule has 2 rings (SSSR count). The normalized spacial score (nSPS) is 21.2. The van der Waals surface area contributed by atoms with Crippen LogP contribution in [0.3, 0.4) is 0 Å². The lowest BCUT2D eigenvalue weighted by molar-refractivity contribution is 0.498. The minimum atomic E-state index is -0.328. The SMILES string of the molecule is C[C@H]1CCC/C(=N/NC(=S)Nc2ccccc2F)C1. The van der Waals surface area contributed by atoms with Crippen LogP contribution in [0.25, 0.3) is 0 Å². The summed E-state index contributed by atoms with van der Waals surface area (Å²) in [5.74, 6) is 0.355. The highest BCUT2D eigenvalue weighted by atomic mass is 32.1. The van der Waals surface area contributed by atoms with E-state index in [2.05, 4.69) is 22.8 Å². The highest BCUT2D eigenvalue weighted by Gasteiger charge is 2.14. The Labute approximate surface area is 118 Å². The molecule has 1 atom stereocenters. The van der Waals surface area contributed by atoms with Crippen molar-refractivity contribution >= 4 is 28.7 Å². The molecule has 19 heavy (non-hydrogen) atoms. The first-order valence-electron chi connectivity index (χ1n) is 6.52. The van der Waals surface area contributed by atoms with Crippen molar-refractivity contribution in [3.05, 3.63) is 30.1 Å². The lowest BCUT2D eigenvalue weighted by atomic mass is 9.89. The molecule has 0 unspecified atom stereocenters. The minimum absolute atomic E-state index is 0.316. The quantitative estimate of drug-likeness (QED) is 0.640. The molecule has 3 nitrogen and oxygen atoms in total. The van der Waals surface area contributed by atoms with Gasteiger partial charge in [-0.25, -0.2) is 4.39 Å². The van der Waals surface area contributed by atoms with Crippen LogP contribution in [-0.2, 0) is 0 Å². The molecule has 1 saturated carbocycles. The van der Waals surface area contributed by atoms with Gasteiger partial charge < -0.3 is 5.32 Å². The second-order valence-electron chi connectivity index (χ2n) is 4.93. The summed E-state index contributed by atoms with van der Waals surface area (Å²) in [5.41, 5.74) is 4.28. The van der Waals surface area contributed by atoms with Crippen LogP contribution in [0, 0.1) is 11.7 Å². The molecule has 0 heterocycles. The third-order valence-corrected chi connectivity index (χ3v) is 3.38. The van der Waals surface area contributed by atoms with E-state index in [0.29, 0.717) is 16.7 Å². The topological polar surface area (TPSA) is 36.4 Å². The van der Waals surface area contributed by atoms with Crippen molar-refractivity contribution < 1.29 is 4.39 Å². The fraction of sp³-hybridized carbons (Fsp3) is 0.429. The van der Waals surface area contributed by atoms with Gasteiger partial charge in [-0.05, 0) is 56.0 Å². The molecule has 0 spiro atoms. The average molecular weight is 279 g/mol. The molecule has 1 aromatic carbocycles. The van der Waals surface area contributed by atoms with E-state index in [0.717, 1.165) is 18.6 Å². The Hall–Kier alpha value is -1.49. The first kappa shape index (κ1) is 13.9. The molecule has 0 aromatic heterocycles. The van der Waals surface area contributed by atoms with Crippen LogP contribution < -0.4 is 10.7 Å². The summed E-state index contributed by atoms with van der Waals surface area (Å²) in [6.45, 7) is 2.23. The summed E-state index contributed by atoms with van der Waals surface area (Å²) in [6.07, 6.45) is 4.46. The van der Waals surface area contributed by atoms with Crippen molar-refractivity contribution in [2.75, 3.05) is 5.32 Å². The van der Waals surface area contributed by atoms with Crippen molar-refractivity contribution in [2.24, 2.45) is 11.0 Å². The van der Waals surface area contributed by atoms with Gasteiger partial charge in [-0.3, -0.25) is 5.43 Å². The van der Waals surface area contributed by atoms with Crippen molar-refractivity contribution in [1.29, 1.82) is 0 Å². The maximum atomic E-state index is 13.4. The molecule has 0 aliphatic heterocycles. The zero-order chi connectivity index (χ0) is 13.7. The van der Waals surface area contributed by atoms with E-state index in [1.807, 2.05) is 0 Å². The van der Waals surface area contributed by atoms with Crippen molar-refractivity contribution in [3.63, 3.8) is 0 Å². The molecule has 102 valence electrons. The van der Waals surface area contributed by atoms with Gasteiger partial charge in [0.25, 0.3) is 0 Å². The van der Waals surface area contributed by atoms with Crippen LogP contribution in [-0.4, -0.2) is 10.8 Å². The third-order valence-electron chi connectivity index (χ3n) is 3.18. The monoisotopic (exact) mass is 279 g/mol. The lowest BCUT2D eigenvalue weighted by Gasteiger charge is -2.19. The predicted molar refractivity (Wildman–Crippen MR) is 80.8 cm³/mol. The molecule has 1 aliphatic rings. The standard InChI is InChI=1S/C14H18FN3S/c1-10-5-4-6-11(9-10)17-18-14(19)16-13-8-3-2-7-12(13)15/h2-3,7-8,10H,4-6,9H2,1H3,(H2,16,18,19)/b17-11-/t10-/m0/s1. The van der Waals surface area contributed by atoms with E-state index < -0.39 is 0 Å². The zero-order valence-corrected chi connectivity index (χ0v) is 11.8. The summed E-state index contributed by atoms with van der Waals surface area (Å²) in [6, 6.07) is 6.42. The molecule has 0 saturated heterocycles. The molecule has 5 heteroatoms. The molecule has 0 radical (unpaired) electrons. The molecule has 0 bridgehead atoms. The number of benzene rings is 1. The van der Waals surface area contributed by atoms with E-state index >= 15 is 0 Å². The smallest absolute Gasteiger partial charge is 0.191 e. The second-order valence-corrected chi connectivity index (χ2v) is 5.33. The summed E-state index contributed by atoms with van der Waals surface area (Å²) in [7, 11) is 0. The first-order valence-corrected chi connectivity index (χ1v) is 6.93. The molecular formula is C14H18FN3S. The maximum absolute atomic E-state index is 13.4. The first-order chi connectivity index (χ1) is 9.15. The summed E-state index contributed by atoms with van der Waals surface area (Å²) in [5, 5.41) is 7.41. The van der Waals surface area contributed by atoms with Gasteiger partial charge in [0.15, 0.2) is 5.11 Å². The number of hydrogen-bond acceptors (Lipinski definition) is 2. The van der Waals surface area contributed by atoms with E-state index in [1.54, 1.807) is 18.2 Å².